The van der Waals surface area contributed by atoms with Gasteiger partial charge in [0.05, 0.1) is 0 Å². The highest BCUT2D eigenvalue weighted by Crippen LogP contribution is 2.69. The van der Waals surface area contributed by atoms with Crippen molar-refractivity contribution >= 4 is 29.9 Å². The van der Waals surface area contributed by atoms with Crippen molar-refractivity contribution < 1.29 is 28.0 Å². The van der Waals surface area contributed by atoms with Crippen molar-refractivity contribution in [2.75, 3.05) is 11.4 Å². The Balaban J connectivity index is 1.28. The SMILES string of the molecule is O=C(NCc1cc(F)cc(F)c1)[C@@]1(O)CCN(c2ccc(P(=O)(C3CC3)C3CC3)cc2)C1=O. The third kappa shape index (κ3) is 4.00. The Hall–Kier alpha value is -2.57. The minimum Gasteiger partial charge on any atom is -0.372 e. The molecule has 3 aliphatic rings. The van der Waals surface area contributed by atoms with Crippen molar-refractivity contribution in [3.63, 3.8) is 0 Å². The summed E-state index contributed by atoms with van der Waals surface area (Å²) >= 11 is 0. The summed E-state index contributed by atoms with van der Waals surface area (Å²) in [6.07, 6.45) is 3.91. The summed E-state index contributed by atoms with van der Waals surface area (Å²) in [6, 6.07) is 9.94. The van der Waals surface area contributed by atoms with E-state index in [1.807, 2.05) is 12.1 Å². The number of benzene rings is 2. The Labute approximate surface area is 190 Å². The fourth-order valence-electron chi connectivity index (χ4n) is 4.71. The van der Waals surface area contributed by atoms with Crippen LogP contribution in [0.2, 0.25) is 0 Å². The van der Waals surface area contributed by atoms with Crippen LogP contribution in [0.4, 0.5) is 14.5 Å². The Bertz CT molecular complexity index is 1130. The van der Waals surface area contributed by atoms with Gasteiger partial charge in [-0.05, 0) is 67.6 Å². The maximum atomic E-state index is 13.6. The molecule has 2 aromatic carbocycles. The first kappa shape index (κ1) is 22.2. The van der Waals surface area contributed by atoms with Crippen LogP contribution in [0.1, 0.15) is 37.7 Å². The van der Waals surface area contributed by atoms with E-state index in [4.69, 9.17) is 0 Å². The zero-order valence-corrected chi connectivity index (χ0v) is 18.9. The number of nitrogens with zero attached hydrogens (tertiary/aromatic N) is 1. The molecule has 1 atom stereocenters. The second-order valence-corrected chi connectivity index (χ2v) is 12.6. The molecule has 1 heterocycles. The molecule has 3 fully saturated rings. The van der Waals surface area contributed by atoms with Crippen molar-refractivity contribution in [3.8, 4) is 0 Å². The normalized spacial score (nSPS) is 23.1. The smallest absolute Gasteiger partial charge is 0.268 e. The van der Waals surface area contributed by atoms with E-state index >= 15 is 0 Å². The number of halogens is 2. The Morgan fingerprint density at radius 3 is 2.18 bits per heavy atom. The van der Waals surface area contributed by atoms with Crippen LogP contribution in [0, 0.1) is 11.6 Å². The summed E-state index contributed by atoms with van der Waals surface area (Å²) in [7, 11) is -2.42. The van der Waals surface area contributed by atoms with E-state index in [1.165, 1.54) is 4.90 Å². The average molecular weight is 474 g/mol. The van der Waals surface area contributed by atoms with E-state index < -0.39 is 36.2 Å². The zero-order chi connectivity index (χ0) is 23.4. The maximum Gasteiger partial charge on any atom is 0.268 e. The van der Waals surface area contributed by atoms with Crippen LogP contribution in [0.25, 0.3) is 0 Å². The minimum absolute atomic E-state index is 0.112. The second-order valence-electron chi connectivity index (χ2n) is 9.22. The molecule has 0 aromatic heterocycles. The van der Waals surface area contributed by atoms with Crippen molar-refractivity contribution in [2.24, 2.45) is 0 Å². The van der Waals surface area contributed by atoms with E-state index in [9.17, 15) is 28.0 Å². The summed E-state index contributed by atoms with van der Waals surface area (Å²) in [5.74, 6) is -3.23. The molecule has 2 amide bonds. The topological polar surface area (TPSA) is 86.7 Å². The number of anilines is 1. The van der Waals surface area contributed by atoms with Gasteiger partial charge in [0, 0.05) is 47.9 Å². The third-order valence-corrected chi connectivity index (χ3v) is 11.1. The third-order valence-electron chi connectivity index (χ3n) is 6.79. The molecule has 174 valence electrons. The molecule has 0 bridgehead atoms. The van der Waals surface area contributed by atoms with Gasteiger partial charge >= 0.3 is 0 Å². The largest absolute Gasteiger partial charge is 0.372 e. The first-order chi connectivity index (χ1) is 15.7. The second kappa shape index (κ2) is 8.03. The van der Waals surface area contributed by atoms with Gasteiger partial charge in [-0.15, -0.1) is 0 Å². The van der Waals surface area contributed by atoms with Crippen molar-refractivity contribution in [1.82, 2.24) is 5.32 Å². The number of amides is 2. The highest BCUT2D eigenvalue weighted by atomic mass is 31.2. The molecule has 1 aliphatic heterocycles. The summed E-state index contributed by atoms with van der Waals surface area (Å²) in [5.41, 5.74) is -0.993. The predicted octanol–water partition coefficient (Wildman–Crippen LogP) is 3.06. The number of carbonyl (C=O) groups excluding carboxylic acids is 2. The van der Waals surface area contributed by atoms with E-state index in [1.54, 1.807) is 12.1 Å². The van der Waals surface area contributed by atoms with Crippen LogP contribution < -0.4 is 15.5 Å². The molecule has 0 radical (unpaired) electrons. The first-order valence-corrected chi connectivity index (χ1v) is 13.0. The van der Waals surface area contributed by atoms with E-state index in [0.29, 0.717) is 5.69 Å². The maximum absolute atomic E-state index is 13.6. The minimum atomic E-state index is -2.42. The van der Waals surface area contributed by atoms with Crippen LogP contribution in [-0.4, -0.2) is 40.4 Å². The number of aliphatic hydroxyl groups is 1. The summed E-state index contributed by atoms with van der Waals surface area (Å²) in [6.45, 7) is -0.0883. The van der Waals surface area contributed by atoms with Crippen LogP contribution in [0.3, 0.4) is 0 Å². The molecule has 2 saturated carbocycles. The van der Waals surface area contributed by atoms with E-state index in [-0.39, 0.29) is 36.4 Å². The fourth-order valence-corrected chi connectivity index (χ4v) is 8.59. The van der Waals surface area contributed by atoms with Gasteiger partial charge in [0.1, 0.15) is 18.8 Å². The molecule has 2 N–H and O–H groups in total. The van der Waals surface area contributed by atoms with Gasteiger partial charge in [0.2, 0.25) is 5.60 Å². The number of hydrogen-bond acceptors (Lipinski definition) is 4. The predicted molar refractivity (Wildman–Crippen MR) is 120 cm³/mol. The van der Waals surface area contributed by atoms with Gasteiger partial charge in [-0.2, -0.15) is 0 Å². The fraction of sp³-hybridized carbons (Fsp3) is 0.417. The van der Waals surface area contributed by atoms with Gasteiger partial charge in [-0.3, -0.25) is 9.59 Å². The molecule has 2 aromatic rings. The molecule has 9 heteroatoms. The van der Waals surface area contributed by atoms with Gasteiger partial charge in [0.15, 0.2) is 0 Å². The van der Waals surface area contributed by atoms with Gasteiger partial charge in [-0.1, -0.05) is 0 Å². The van der Waals surface area contributed by atoms with Crippen molar-refractivity contribution in [1.29, 1.82) is 0 Å². The number of carbonyl (C=O) groups is 2. The number of nitrogens with one attached hydrogen (secondary N) is 1. The van der Waals surface area contributed by atoms with E-state index in [0.717, 1.165) is 49.2 Å². The number of hydrogen-bond donors (Lipinski definition) is 2. The van der Waals surface area contributed by atoms with Crippen LogP contribution in [0.15, 0.2) is 42.5 Å². The molecule has 2 aliphatic carbocycles. The highest BCUT2D eigenvalue weighted by Gasteiger charge is 2.53. The molecule has 0 unspecified atom stereocenters. The highest BCUT2D eigenvalue weighted by molar-refractivity contribution is 7.73. The van der Waals surface area contributed by atoms with Gasteiger partial charge in [-0.25, -0.2) is 8.78 Å². The molecule has 6 nitrogen and oxygen atoms in total. The summed E-state index contributed by atoms with van der Waals surface area (Å²) in [5, 5.41) is 14.0. The summed E-state index contributed by atoms with van der Waals surface area (Å²) in [4.78, 5) is 26.9. The lowest BCUT2D eigenvalue weighted by molar-refractivity contribution is -0.149. The van der Waals surface area contributed by atoms with Crippen LogP contribution in [0.5, 0.6) is 0 Å². The molecular weight excluding hydrogens is 449 g/mol. The Morgan fingerprint density at radius 1 is 1.06 bits per heavy atom. The zero-order valence-electron chi connectivity index (χ0n) is 18.0. The van der Waals surface area contributed by atoms with Gasteiger partial charge in [0.25, 0.3) is 11.8 Å². The quantitative estimate of drug-likeness (QED) is 0.477. The Morgan fingerprint density at radius 2 is 1.64 bits per heavy atom. The standard InChI is InChI=1S/C24H25F2N2O4P/c25-16-11-15(12-17(26)13-16)14-27-22(29)24(31)9-10-28(23(24)30)18-1-3-19(4-2-18)33(32,20-5-6-20)21-7-8-21/h1-4,11-13,20-21,31H,5-10,14H2,(H,27,29)/t24-/m0/s1. The van der Waals surface area contributed by atoms with E-state index in [2.05, 4.69) is 5.32 Å². The lowest BCUT2D eigenvalue weighted by Gasteiger charge is -2.23. The van der Waals surface area contributed by atoms with Crippen molar-refractivity contribution in [2.45, 2.75) is 55.6 Å². The molecule has 5 rings (SSSR count). The van der Waals surface area contributed by atoms with Crippen LogP contribution >= 0.6 is 7.14 Å². The Kier molecular flexibility index (Phi) is 5.41. The lowest BCUT2D eigenvalue weighted by atomic mass is 10.0. The molecule has 1 saturated heterocycles. The first-order valence-electron chi connectivity index (χ1n) is 11.2. The lowest BCUT2D eigenvalue weighted by Crippen LogP contribution is -2.52. The number of rotatable bonds is 7. The summed E-state index contributed by atoms with van der Waals surface area (Å²) < 4.78 is 40.3. The van der Waals surface area contributed by atoms with Crippen molar-refractivity contribution in [3.05, 3.63) is 59.7 Å². The molecule has 33 heavy (non-hydrogen) atoms. The molecular formula is C24H25F2N2O4P. The monoisotopic (exact) mass is 474 g/mol. The molecule has 0 spiro atoms. The average Bonchev–Trinajstić information content (AvgIpc) is 3.69. The van der Waals surface area contributed by atoms with Crippen LogP contribution in [-0.2, 0) is 20.7 Å². The van der Waals surface area contributed by atoms with Gasteiger partial charge < -0.3 is 19.9 Å².